The quantitative estimate of drug-likeness (QED) is 0.442. The van der Waals surface area contributed by atoms with Crippen LogP contribution < -0.4 is 11.1 Å². The van der Waals surface area contributed by atoms with Crippen molar-refractivity contribution in [2.75, 3.05) is 11.1 Å². The molecule has 0 radical (unpaired) electrons. The van der Waals surface area contributed by atoms with Gasteiger partial charge in [-0.15, -0.1) is 0 Å². The molecule has 0 bridgehead atoms. The largest absolute Gasteiger partial charge is 0.398 e. The van der Waals surface area contributed by atoms with Gasteiger partial charge in [0, 0.05) is 17.4 Å². The van der Waals surface area contributed by atoms with Gasteiger partial charge in [0.1, 0.15) is 5.82 Å². The second-order valence-electron chi connectivity index (χ2n) is 6.79. The standard InChI is InChI=1S/C23H20N6/c1-15-10-16(13-24)6-7-19(15)17-8-9-26-23(11-17)27-14-18-12-22(29-28-18)20-4-2-3-5-21(20)25/h2-12H,14,25H2,1H3,(H,26,27)(H,28,29). The number of nitriles is 1. The number of rotatable bonds is 5. The topological polar surface area (TPSA) is 103 Å². The summed E-state index contributed by atoms with van der Waals surface area (Å²) in [5, 5.41) is 19.8. The maximum atomic E-state index is 9.05. The second kappa shape index (κ2) is 7.87. The molecule has 6 nitrogen and oxygen atoms in total. The van der Waals surface area contributed by atoms with E-state index in [1.807, 2.05) is 67.6 Å². The number of nitrogen functional groups attached to an aromatic ring is 1. The molecule has 142 valence electrons. The van der Waals surface area contributed by atoms with Gasteiger partial charge in [-0.2, -0.15) is 10.4 Å². The predicted molar refractivity (Wildman–Crippen MR) is 115 cm³/mol. The first-order chi connectivity index (χ1) is 14.1. The minimum absolute atomic E-state index is 0.558. The molecule has 6 heteroatoms. The Bertz CT molecular complexity index is 1200. The highest BCUT2D eigenvalue weighted by Crippen LogP contribution is 2.26. The van der Waals surface area contributed by atoms with Crippen molar-refractivity contribution in [2.24, 2.45) is 0 Å². The summed E-state index contributed by atoms with van der Waals surface area (Å²) in [6.45, 7) is 2.56. The average molecular weight is 380 g/mol. The van der Waals surface area contributed by atoms with Crippen molar-refractivity contribution in [3.63, 3.8) is 0 Å². The summed E-state index contributed by atoms with van der Waals surface area (Å²) in [7, 11) is 0. The smallest absolute Gasteiger partial charge is 0.126 e. The molecule has 4 N–H and O–H groups in total. The van der Waals surface area contributed by atoms with E-state index >= 15 is 0 Å². The van der Waals surface area contributed by atoms with Crippen molar-refractivity contribution in [3.05, 3.63) is 83.7 Å². The summed E-state index contributed by atoms with van der Waals surface area (Å²) in [6.07, 6.45) is 1.78. The number of hydrogen-bond acceptors (Lipinski definition) is 5. The molecule has 0 spiro atoms. The lowest BCUT2D eigenvalue weighted by molar-refractivity contribution is 0.976. The number of nitrogens with two attached hydrogens (primary N) is 1. The number of aryl methyl sites for hydroxylation is 1. The Hall–Kier alpha value is -4.11. The fraction of sp³-hybridized carbons (Fsp3) is 0.0870. The summed E-state index contributed by atoms with van der Waals surface area (Å²) < 4.78 is 0. The first-order valence-electron chi connectivity index (χ1n) is 9.24. The summed E-state index contributed by atoms with van der Waals surface area (Å²) in [6, 6.07) is 21.5. The summed E-state index contributed by atoms with van der Waals surface area (Å²) in [5.74, 6) is 0.765. The van der Waals surface area contributed by atoms with Crippen molar-refractivity contribution < 1.29 is 0 Å². The first kappa shape index (κ1) is 18.3. The lowest BCUT2D eigenvalue weighted by Gasteiger charge is -2.09. The van der Waals surface area contributed by atoms with Crippen LogP contribution in [0.1, 0.15) is 16.8 Å². The number of H-pyrrole nitrogens is 1. The molecule has 4 aromatic rings. The van der Waals surface area contributed by atoms with Crippen LogP contribution in [0.15, 0.2) is 66.9 Å². The maximum absolute atomic E-state index is 9.05. The third-order valence-corrected chi connectivity index (χ3v) is 4.75. The molecule has 0 amide bonds. The lowest BCUT2D eigenvalue weighted by atomic mass is 9.99. The number of aromatic nitrogens is 3. The van der Waals surface area contributed by atoms with Gasteiger partial charge in [-0.1, -0.05) is 24.3 Å². The lowest BCUT2D eigenvalue weighted by Crippen LogP contribution is -2.01. The third-order valence-electron chi connectivity index (χ3n) is 4.75. The van der Waals surface area contributed by atoms with Gasteiger partial charge in [0.15, 0.2) is 0 Å². The van der Waals surface area contributed by atoms with Gasteiger partial charge in [-0.25, -0.2) is 4.98 Å². The van der Waals surface area contributed by atoms with Crippen molar-refractivity contribution >= 4 is 11.5 Å². The molecule has 0 aliphatic carbocycles. The Morgan fingerprint density at radius 3 is 2.72 bits per heavy atom. The van der Waals surface area contributed by atoms with E-state index in [0.717, 1.165) is 39.5 Å². The molecule has 2 aromatic carbocycles. The number of anilines is 2. The minimum Gasteiger partial charge on any atom is -0.398 e. The Kier molecular flexibility index (Phi) is 4.95. The SMILES string of the molecule is Cc1cc(C#N)ccc1-c1ccnc(NCc2cc(-c3ccccc3N)n[nH]2)c1. The van der Waals surface area contributed by atoms with Crippen LogP contribution in [0, 0.1) is 18.3 Å². The molecule has 29 heavy (non-hydrogen) atoms. The van der Waals surface area contributed by atoms with E-state index in [2.05, 4.69) is 26.6 Å². The maximum Gasteiger partial charge on any atom is 0.126 e. The van der Waals surface area contributed by atoms with Gasteiger partial charge < -0.3 is 11.1 Å². The van der Waals surface area contributed by atoms with Crippen LogP contribution >= 0.6 is 0 Å². The number of nitrogens with one attached hydrogen (secondary N) is 2. The summed E-state index contributed by atoms with van der Waals surface area (Å²) in [4.78, 5) is 4.40. The zero-order chi connectivity index (χ0) is 20.2. The molecular weight excluding hydrogens is 360 g/mol. The van der Waals surface area contributed by atoms with Gasteiger partial charge in [0.25, 0.3) is 0 Å². The molecular formula is C23H20N6. The van der Waals surface area contributed by atoms with Crippen LogP contribution in [0.2, 0.25) is 0 Å². The zero-order valence-corrected chi connectivity index (χ0v) is 16.0. The number of benzene rings is 2. The molecule has 0 unspecified atom stereocenters. The molecule has 0 aliphatic heterocycles. The van der Waals surface area contributed by atoms with Gasteiger partial charge >= 0.3 is 0 Å². The zero-order valence-electron chi connectivity index (χ0n) is 16.0. The van der Waals surface area contributed by atoms with Crippen LogP contribution in [0.4, 0.5) is 11.5 Å². The first-order valence-corrected chi connectivity index (χ1v) is 9.24. The number of nitrogens with zero attached hydrogens (tertiary/aromatic N) is 3. The molecule has 0 fully saturated rings. The van der Waals surface area contributed by atoms with Gasteiger partial charge in [-0.3, -0.25) is 5.10 Å². The Morgan fingerprint density at radius 1 is 1.07 bits per heavy atom. The molecule has 2 heterocycles. The normalized spacial score (nSPS) is 10.5. The predicted octanol–water partition coefficient (Wildman–Crippen LogP) is 4.51. The minimum atomic E-state index is 0.558. The van der Waals surface area contributed by atoms with E-state index in [4.69, 9.17) is 11.0 Å². The molecule has 0 atom stereocenters. The highest BCUT2D eigenvalue weighted by atomic mass is 15.1. The third kappa shape index (κ3) is 3.94. The van der Waals surface area contributed by atoms with E-state index in [1.165, 1.54) is 0 Å². The Balaban J connectivity index is 1.50. The fourth-order valence-corrected chi connectivity index (χ4v) is 3.26. The van der Waals surface area contributed by atoms with Gasteiger partial charge in [0.05, 0.1) is 29.6 Å². The highest BCUT2D eigenvalue weighted by molar-refractivity contribution is 5.73. The van der Waals surface area contributed by atoms with Crippen LogP contribution in [0.25, 0.3) is 22.4 Å². The highest BCUT2D eigenvalue weighted by Gasteiger charge is 2.08. The van der Waals surface area contributed by atoms with Crippen LogP contribution in [0.5, 0.6) is 0 Å². The van der Waals surface area contributed by atoms with Crippen molar-refractivity contribution in [1.29, 1.82) is 5.26 Å². The molecule has 2 aromatic heterocycles. The molecule has 0 saturated carbocycles. The average Bonchev–Trinajstić information content (AvgIpc) is 3.21. The number of aromatic amines is 1. The van der Waals surface area contributed by atoms with Crippen molar-refractivity contribution in [3.8, 4) is 28.5 Å². The van der Waals surface area contributed by atoms with E-state index in [0.29, 0.717) is 17.8 Å². The van der Waals surface area contributed by atoms with Crippen molar-refractivity contribution in [2.45, 2.75) is 13.5 Å². The Morgan fingerprint density at radius 2 is 1.93 bits per heavy atom. The molecule has 0 saturated heterocycles. The Labute approximate surface area is 169 Å². The second-order valence-corrected chi connectivity index (χ2v) is 6.79. The molecule has 4 rings (SSSR count). The van der Waals surface area contributed by atoms with Crippen LogP contribution in [-0.2, 0) is 6.54 Å². The molecule has 0 aliphatic rings. The summed E-state index contributed by atoms with van der Waals surface area (Å²) >= 11 is 0. The van der Waals surface area contributed by atoms with Gasteiger partial charge in [-0.05, 0) is 60.0 Å². The van der Waals surface area contributed by atoms with E-state index < -0.39 is 0 Å². The van der Waals surface area contributed by atoms with E-state index in [1.54, 1.807) is 6.20 Å². The van der Waals surface area contributed by atoms with Crippen molar-refractivity contribution in [1.82, 2.24) is 15.2 Å². The number of pyridine rings is 1. The summed E-state index contributed by atoms with van der Waals surface area (Å²) in [5.41, 5.74) is 13.2. The van der Waals surface area contributed by atoms with E-state index in [9.17, 15) is 0 Å². The fourth-order valence-electron chi connectivity index (χ4n) is 3.26. The van der Waals surface area contributed by atoms with Gasteiger partial charge in [0.2, 0.25) is 0 Å². The monoisotopic (exact) mass is 380 g/mol. The number of para-hydroxylation sites is 1. The van der Waals surface area contributed by atoms with E-state index in [-0.39, 0.29) is 0 Å². The van der Waals surface area contributed by atoms with Crippen LogP contribution in [-0.4, -0.2) is 15.2 Å². The van der Waals surface area contributed by atoms with Crippen LogP contribution in [0.3, 0.4) is 0 Å². The number of hydrogen-bond donors (Lipinski definition) is 3.